The molecule has 0 saturated carbocycles. The summed E-state index contributed by atoms with van der Waals surface area (Å²) in [4.78, 5) is 11.8. The number of nitro groups is 1. The van der Waals surface area contributed by atoms with Gasteiger partial charge in [0.25, 0.3) is 5.69 Å². The number of hydrogen-bond donors (Lipinski definition) is 0. The van der Waals surface area contributed by atoms with Gasteiger partial charge >= 0.3 is 0 Å². The fourth-order valence-electron chi connectivity index (χ4n) is 1.51. The lowest BCUT2D eigenvalue weighted by atomic mass is 10.2. The Bertz CT molecular complexity index is 683. The third-order valence-electron chi connectivity index (χ3n) is 2.29. The molecule has 6 heteroatoms. The number of hydrogen-bond acceptors (Lipinski definition) is 4. The number of para-hydroxylation sites is 1. The minimum absolute atomic E-state index is 0.0611. The molecule has 0 unspecified atom stereocenters. The van der Waals surface area contributed by atoms with E-state index in [-0.39, 0.29) is 5.69 Å². The molecule has 94 valence electrons. The first-order valence-electron chi connectivity index (χ1n) is 5.22. The largest absolute Gasteiger partial charge is 0.283 e. The summed E-state index contributed by atoms with van der Waals surface area (Å²) < 4.78 is 0.771. The minimum Gasteiger partial charge on any atom is -0.258 e. The second-order valence-electron chi connectivity index (χ2n) is 3.61. The number of halogens is 1. The molecule has 0 heterocycles. The zero-order chi connectivity index (χ0) is 13.8. The molecule has 2 rings (SSSR count). The Morgan fingerprint density at radius 2 is 2.00 bits per heavy atom. The van der Waals surface area contributed by atoms with Crippen LogP contribution in [0, 0.1) is 21.4 Å². The first kappa shape index (κ1) is 13.6. The van der Waals surface area contributed by atoms with Crippen LogP contribution in [-0.4, -0.2) is 4.92 Å². The van der Waals surface area contributed by atoms with Crippen LogP contribution in [-0.2, 0) is 0 Å². The van der Waals surface area contributed by atoms with E-state index in [1.54, 1.807) is 30.3 Å². The zero-order valence-electron chi connectivity index (χ0n) is 9.54. The lowest BCUT2D eigenvalue weighted by molar-refractivity contribution is -0.387. The highest BCUT2D eigenvalue weighted by molar-refractivity contribution is 9.10. The van der Waals surface area contributed by atoms with Crippen LogP contribution in [0.15, 0.2) is 56.7 Å². The maximum absolute atomic E-state index is 10.9. The Balaban J connectivity index is 2.39. The summed E-state index contributed by atoms with van der Waals surface area (Å²) in [6.07, 6.45) is 0. The number of benzene rings is 2. The van der Waals surface area contributed by atoms with Gasteiger partial charge in [0.1, 0.15) is 0 Å². The first-order chi connectivity index (χ1) is 9.10. The van der Waals surface area contributed by atoms with E-state index in [2.05, 4.69) is 22.0 Å². The van der Waals surface area contributed by atoms with Crippen LogP contribution in [0.25, 0.3) is 0 Å². The molecule has 0 aliphatic carbocycles. The maximum Gasteiger partial charge on any atom is 0.283 e. The van der Waals surface area contributed by atoms with Gasteiger partial charge in [-0.3, -0.25) is 10.1 Å². The van der Waals surface area contributed by atoms with Gasteiger partial charge in [-0.2, -0.15) is 5.26 Å². The van der Waals surface area contributed by atoms with Crippen molar-refractivity contribution in [2.75, 3.05) is 0 Å². The molecule has 0 aliphatic rings. The van der Waals surface area contributed by atoms with E-state index in [1.165, 1.54) is 17.8 Å². The van der Waals surface area contributed by atoms with Crippen molar-refractivity contribution in [1.82, 2.24) is 0 Å². The molecule has 0 spiro atoms. The smallest absolute Gasteiger partial charge is 0.258 e. The van der Waals surface area contributed by atoms with Crippen LogP contribution in [0.3, 0.4) is 0 Å². The molecule has 0 atom stereocenters. The summed E-state index contributed by atoms with van der Waals surface area (Å²) in [6, 6.07) is 13.8. The summed E-state index contributed by atoms with van der Waals surface area (Å²) in [5, 5.41) is 19.8. The lowest BCUT2D eigenvalue weighted by Gasteiger charge is -2.04. The summed E-state index contributed by atoms with van der Waals surface area (Å²) in [5.74, 6) is 0. The van der Waals surface area contributed by atoms with Crippen molar-refractivity contribution in [3.63, 3.8) is 0 Å². The van der Waals surface area contributed by atoms with Crippen LogP contribution in [0.4, 0.5) is 5.69 Å². The normalized spacial score (nSPS) is 9.89. The van der Waals surface area contributed by atoms with E-state index in [0.29, 0.717) is 10.5 Å². The Kier molecular flexibility index (Phi) is 4.20. The van der Waals surface area contributed by atoms with Crippen LogP contribution in [0.2, 0.25) is 0 Å². The lowest BCUT2D eigenvalue weighted by Crippen LogP contribution is -1.90. The van der Waals surface area contributed by atoms with E-state index in [4.69, 9.17) is 5.26 Å². The Hall–Kier alpha value is -1.84. The van der Waals surface area contributed by atoms with Gasteiger partial charge in [0.15, 0.2) is 0 Å². The monoisotopic (exact) mass is 334 g/mol. The molecule has 0 fully saturated rings. The van der Waals surface area contributed by atoms with Gasteiger partial charge in [-0.15, -0.1) is 0 Å². The van der Waals surface area contributed by atoms with E-state index >= 15 is 0 Å². The third-order valence-corrected chi connectivity index (χ3v) is 3.78. The average molecular weight is 335 g/mol. The Morgan fingerprint density at radius 3 is 2.68 bits per heavy atom. The highest BCUT2D eigenvalue weighted by atomic mass is 79.9. The van der Waals surface area contributed by atoms with Crippen LogP contribution < -0.4 is 0 Å². The molecule has 0 aromatic heterocycles. The molecule has 0 amide bonds. The van der Waals surface area contributed by atoms with Crippen molar-refractivity contribution in [2.24, 2.45) is 0 Å². The van der Waals surface area contributed by atoms with Crippen molar-refractivity contribution in [2.45, 2.75) is 9.79 Å². The van der Waals surface area contributed by atoms with Crippen molar-refractivity contribution >= 4 is 33.4 Å². The van der Waals surface area contributed by atoms with Crippen LogP contribution >= 0.6 is 27.7 Å². The van der Waals surface area contributed by atoms with E-state index < -0.39 is 4.92 Å². The van der Waals surface area contributed by atoms with Crippen molar-refractivity contribution < 1.29 is 4.92 Å². The first-order valence-corrected chi connectivity index (χ1v) is 6.83. The number of nitriles is 1. The molecule has 0 aliphatic heterocycles. The van der Waals surface area contributed by atoms with E-state index in [0.717, 1.165) is 9.37 Å². The Labute approximate surface area is 122 Å². The van der Waals surface area contributed by atoms with Crippen molar-refractivity contribution in [3.05, 3.63) is 62.6 Å². The molecule has 2 aromatic rings. The molecule has 0 bridgehead atoms. The highest BCUT2D eigenvalue weighted by Crippen LogP contribution is 2.35. The van der Waals surface area contributed by atoms with Gasteiger partial charge in [0, 0.05) is 15.4 Å². The second-order valence-corrected chi connectivity index (χ2v) is 5.65. The van der Waals surface area contributed by atoms with Crippen LogP contribution in [0.5, 0.6) is 0 Å². The number of rotatable bonds is 3. The molecule has 0 saturated heterocycles. The fourth-order valence-corrected chi connectivity index (χ4v) is 3.17. The molecule has 2 aromatic carbocycles. The molecule has 19 heavy (non-hydrogen) atoms. The quantitative estimate of drug-likeness (QED) is 0.617. The molecular formula is C13H7BrN2O2S. The number of nitro benzene ring substituents is 1. The topological polar surface area (TPSA) is 66.9 Å². The molecule has 0 N–H and O–H groups in total. The summed E-state index contributed by atoms with van der Waals surface area (Å²) in [6.45, 7) is 0. The zero-order valence-corrected chi connectivity index (χ0v) is 11.9. The SMILES string of the molecule is N#Cc1cc(Br)cc(Sc2ccccc2[N+](=O)[O-])c1. The van der Waals surface area contributed by atoms with E-state index in [1.807, 2.05) is 6.07 Å². The summed E-state index contributed by atoms with van der Waals surface area (Å²) in [5.41, 5.74) is 0.571. The predicted molar refractivity (Wildman–Crippen MR) is 76.1 cm³/mol. The van der Waals surface area contributed by atoms with Crippen LogP contribution in [0.1, 0.15) is 5.56 Å². The minimum atomic E-state index is -0.411. The van der Waals surface area contributed by atoms with Gasteiger partial charge in [-0.1, -0.05) is 39.8 Å². The predicted octanol–water partition coefficient (Wildman–Crippen LogP) is 4.38. The molecule has 0 radical (unpaired) electrons. The van der Waals surface area contributed by atoms with Crippen molar-refractivity contribution in [3.8, 4) is 6.07 Å². The highest BCUT2D eigenvalue weighted by Gasteiger charge is 2.13. The van der Waals surface area contributed by atoms with Gasteiger partial charge in [-0.25, -0.2) is 0 Å². The molecule has 4 nitrogen and oxygen atoms in total. The summed E-state index contributed by atoms with van der Waals surface area (Å²) >= 11 is 4.58. The van der Waals surface area contributed by atoms with E-state index in [9.17, 15) is 10.1 Å². The maximum atomic E-state index is 10.9. The molecular weight excluding hydrogens is 328 g/mol. The Morgan fingerprint density at radius 1 is 1.26 bits per heavy atom. The van der Waals surface area contributed by atoms with Gasteiger partial charge in [0.2, 0.25) is 0 Å². The fraction of sp³-hybridized carbons (Fsp3) is 0. The standard InChI is InChI=1S/C13H7BrN2O2S/c14-10-5-9(8-15)6-11(7-10)19-13-4-2-1-3-12(13)16(17)18/h1-7H. The van der Waals surface area contributed by atoms with Gasteiger partial charge in [0.05, 0.1) is 21.5 Å². The van der Waals surface area contributed by atoms with Gasteiger partial charge < -0.3 is 0 Å². The van der Waals surface area contributed by atoms with Gasteiger partial charge in [-0.05, 0) is 24.3 Å². The second kappa shape index (κ2) is 5.87. The number of nitrogens with zero attached hydrogens (tertiary/aromatic N) is 2. The average Bonchev–Trinajstić information content (AvgIpc) is 2.38. The summed E-state index contributed by atoms with van der Waals surface area (Å²) in [7, 11) is 0. The van der Waals surface area contributed by atoms with Crippen molar-refractivity contribution in [1.29, 1.82) is 5.26 Å². The third kappa shape index (κ3) is 3.34.